The van der Waals surface area contributed by atoms with E-state index in [0.717, 1.165) is 68.7 Å². The van der Waals surface area contributed by atoms with Crippen LogP contribution in [0.1, 0.15) is 62.1 Å². The van der Waals surface area contributed by atoms with Crippen LogP contribution in [0.15, 0.2) is 12.1 Å². The van der Waals surface area contributed by atoms with Crippen LogP contribution in [0.25, 0.3) is 0 Å². The zero-order valence-corrected chi connectivity index (χ0v) is 21.6. The van der Waals surface area contributed by atoms with Crippen molar-refractivity contribution >= 4 is 29.2 Å². The van der Waals surface area contributed by atoms with Crippen molar-refractivity contribution in [2.24, 2.45) is 11.8 Å². The Kier molecular flexibility index (Phi) is 7.98. The lowest BCUT2D eigenvalue weighted by Crippen LogP contribution is -2.54. The molecule has 0 aromatic heterocycles. The van der Waals surface area contributed by atoms with Crippen LogP contribution in [0.3, 0.4) is 0 Å². The summed E-state index contributed by atoms with van der Waals surface area (Å²) in [6.45, 7) is 8.16. The molecule has 1 aromatic carbocycles. The number of halogens is 1. The number of Topliss-reactive ketones (excluding diaryl/α,β-unsaturated/α-hetero) is 1. The number of ketones is 1. The molecule has 2 saturated heterocycles. The third kappa shape index (κ3) is 5.65. The Bertz CT molecular complexity index is 943. The molecule has 34 heavy (non-hydrogen) atoms. The monoisotopic (exact) mass is 487 g/mol. The lowest BCUT2D eigenvalue weighted by molar-refractivity contribution is -0.140. The molecular formula is C27H38ClN3O3. The van der Waals surface area contributed by atoms with Gasteiger partial charge in [-0.1, -0.05) is 24.4 Å². The Morgan fingerprint density at radius 2 is 1.76 bits per heavy atom. The van der Waals surface area contributed by atoms with Crippen molar-refractivity contribution in [1.29, 1.82) is 0 Å². The molecule has 2 aliphatic heterocycles. The Morgan fingerprint density at radius 1 is 1.06 bits per heavy atom. The number of piperazine rings is 1. The summed E-state index contributed by atoms with van der Waals surface area (Å²) in [5.41, 5.74) is 3.19. The van der Waals surface area contributed by atoms with Crippen molar-refractivity contribution < 1.29 is 14.4 Å². The summed E-state index contributed by atoms with van der Waals surface area (Å²) >= 11 is 6.46. The number of amides is 2. The summed E-state index contributed by atoms with van der Waals surface area (Å²) in [7, 11) is 1.80. The summed E-state index contributed by atoms with van der Waals surface area (Å²) in [4.78, 5) is 44.1. The van der Waals surface area contributed by atoms with Gasteiger partial charge < -0.3 is 9.80 Å². The van der Waals surface area contributed by atoms with Crippen LogP contribution in [0.4, 0.5) is 0 Å². The van der Waals surface area contributed by atoms with Gasteiger partial charge in [0.1, 0.15) is 5.78 Å². The highest BCUT2D eigenvalue weighted by Crippen LogP contribution is 2.29. The van der Waals surface area contributed by atoms with Crippen LogP contribution in [0.2, 0.25) is 5.02 Å². The predicted octanol–water partition coefficient (Wildman–Crippen LogP) is 3.85. The highest BCUT2D eigenvalue weighted by atomic mass is 35.5. The molecule has 0 unspecified atom stereocenters. The van der Waals surface area contributed by atoms with Gasteiger partial charge in [0.15, 0.2) is 0 Å². The molecule has 0 bridgehead atoms. The van der Waals surface area contributed by atoms with E-state index in [1.54, 1.807) is 11.9 Å². The Balaban J connectivity index is 1.37. The molecule has 1 aliphatic carbocycles. The molecule has 7 heteroatoms. The van der Waals surface area contributed by atoms with Gasteiger partial charge in [0.25, 0.3) is 0 Å². The second-order valence-corrected chi connectivity index (χ2v) is 11.0. The number of benzene rings is 1. The van der Waals surface area contributed by atoms with Crippen LogP contribution >= 0.6 is 11.6 Å². The van der Waals surface area contributed by atoms with E-state index in [-0.39, 0.29) is 29.6 Å². The van der Waals surface area contributed by atoms with Gasteiger partial charge in [0, 0.05) is 75.5 Å². The van der Waals surface area contributed by atoms with E-state index in [0.29, 0.717) is 23.8 Å². The summed E-state index contributed by atoms with van der Waals surface area (Å²) in [5.74, 6) is 0.566. The lowest BCUT2D eigenvalue weighted by atomic mass is 9.93. The third-order valence-electron chi connectivity index (χ3n) is 8.08. The molecule has 3 fully saturated rings. The third-order valence-corrected chi connectivity index (χ3v) is 8.30. The van der Waals surface area contributed by atoms with Gasteiger partial charge in [-0.25, -0.2) is 0 Å². The van der Waals surface area contributed by atoms with E-state index < -0.39 is 0 Å². The lowest BCUT2D eigenvalue weighted by Gasteiger charge is -2.41. The second-order valence-electron chi connectivity index (χ2n) is 10.6. The number of rotatable bonds is 7. The number of hydrogen-bond donors (Lipinski definition) is 0. The molecule has 4 rings (SSSR count). The Hall–Kier alpha value is -1.92. The quantitative estimate of drug-likeness (QED) is 0.586. The highest BCUT2D eigenvalue weighted by molar-refractivity contribution is 6.30. The molecule has 0 radical (unpaired) electrons. The number of hydrogen-bond acceptors (Lipinski definition) is 4. The number of carbonyl (C=O) groups excluding carboxylic acids is 3. The van der Waals surface area contributed by atoms with E-state index in [1.807, 2.05) is 12.1 Å². The minimum atomic E-state index is -0.179. The van der Waals surface area contributed by atoms with Gasteiger partial charge in [-0.05, 0) is 61.9 Å². The molecule has 0 spiro atoms. The summed E-state index contributed by atoms with van der Waals surface area (Å²) in [6.07, 6.45) is 5.82. The van der Waals surface area contributed by atoms with Crippen molar-refractivity contribution in [1.82, 2.24) is 14.7 Å². The molecule has 2 atom stereocenters. The van der Waals surface area contributed by atoms with E-state index in [2.05, 4.69) is 23.6 Å². The van der Waals surface area contributed by atoms with E-state index in [1.165, 1.54) is 12.8 Å². The van der Waals surface area contributed by atoms with Crippen LogP contribution < -0.4 is 0 Å². The fraction of sp³-hybridized carbons (Fsp3) is 0.667. The van der Waals surface area contributed by atoms with Crippen molar-refractivity contribution in [3.63, 3.8) is 0 Å². The number of carbonyl (C=O) groups is 3. The summed E-state index contributed by atoms with van der Waals surface area (Å²) in [6, 6.07) is 4.09. The first-order valence-electron chi connectivity index (χ1n) is 12.8. The average Bonchev–Trinajstić information content (AvgIpc) is 3.43. The zero-order chi connectivity index (χ0) is 24.4. The molecular weight excluding hydrogens is 450 g/mol. The SMILES string of the molecule is Cc1c(CC(=O)C[C@H]2CCN(C)C2=O)cc(Cl)cc1CN1CCN(C(=O)C2CCCC2)[C@@H](C)C1. The predicted molar refractivity (Wildman–Crippen MR) is 134 cm³/mol. The molecule has 1 saturated carbocycles. The smallest absolute Gasteiger partial charge is 0.226 e. The Morgan fingerprint density at radius 3 is 2.41 bits per heavy atom. The molecule has 0 N–H and O–H groups in total. The standard InChI is InChI=1S/C27H38ClN3O3/c1-18-16-30(10-11-31(18)27(34)20-6-4-5-7-20)17-23-13-24(28)12-22(19(23)2)15-25(32)14-21-8-9-29(3)26(21)33/h12-13,18,20-21H,4-11,14-17H2,1-3H3/t18-,21+/m0/s1. The van der Waals surface area contributed by atoms with Gasteiger partial charge in [-0.2, -0.15) is 0 Å². The fourth-order valence-electron chi connectivity index (χ4n) is 5.94. The highest BCUT2D eigenvalue weighted by Gasteiger charge is 2.33. The van der Waals surface area contributed by atoms with Gasteiger partial charge >= 0.3 is 0 Å². The molecule has 2 heterocycles. The van der Waals surface area contributed by atoms with Gasteiger partial charge in [0.05, 0.1) is 0 Å². The molecule has 3 aliphatic rings. The van der Waals surface area contributed by atoms with Crippen molar-refractivity contribution in [2.75, 3.05) is 33.2 Å². The number of nitrogens with zero attached hydrogens (tertiary/aromatic N) is 3. The first-order valence-corrected chi connectivity index (χ1v) is 13.2. The van der Waals surface area contributed by atoms with E-state index in [4.69, 9.17) is 11.6 Å². The first-order chi connectivity index (χ1) is 16.2. The van der Waals surface area contributed by atoms with Gasteiger partial charge in [-0.15, -0.1) is 0 Å². The minimum Gasteiger partial charge on any atom is -0.345 e. The molecule has 186 valence electrons. The second kappa shape index (κ2) is 10.8. The fourth-order valence-corrected chi connectivity index (χ4v) is 6.20. The van der Waals surface area contributed by atoms with Crippen LogP contribution in [0.5, 0.6) is 0 Å². The van der Waals surface area contributed by atoms with Crippen LogP contribution in [-0.2, 0) is 27.3 Å². The van der Waals surface area contributed by atoms with E-state index in [9.17, 15) is 14.4 Å². The summed E-state index contributed by atoms with van der Waals surface area (Å²) in [5, 5.41) is 0.642. The Labute approximate surface area is 208 Å². The van der Waals surface area contributed by atoms with Crippen molar-refractivity contribution in [3.8, 4) is 0 Å². The number of likely N-dealkylation sites (tertiary alicyclic amines) is 1. The maximum Gasteiger partial charge on any atom is 0.226 e. The maximum absolute atomic E-state index is 12.9. The normalized spacial score (nSPS) is 24.3. The molecule has 1 aromatic rings. The van der Waals surface area contributed by atoms with Gasteiger partial charge in [-0.3, -0.25) is 19.3 Å². The molecule has 6 nitrogen and oxygen atoms in total. The minimum absolute atomic E-state index is 0.0801. The van der Waals surface area contributed by atoms with Crippen molar-refractivity contribution in [3.05, 3.63) is 33.8 Å². The largest absolute Gasteiger partial charge is 0.345 e. The topological polar surface area (TPSA) is 60.9 Å². The summed E-state index contributed by atoms with van der Waals surface area (Å²) < 4.78 is 0. The first kappa shape index (κ1) is 25.2. The van der Waals surface area contributed by atoms with Crippen molar-refractivity contribution in [2.45, 2.75) is 71.4 Å². The van der Waals surface area contributed by atoms with E-state index >= 15 is 0 Å². The van der Waals surface area contributed by atoms with Gasteiger partial charge in [0.2, 0.25) is 11.8 Å². The average molecular weight is 488 g/mol. The maximum atomic E-state index is 12.9. The zero-order valence-electron chi connectivity index (χ0n) is 20.8. The molecule has 2 amide bonds. The van der Waals surface area contributed by atoms with Crippen LogP contribution in [0, 0.1) is 18.8 Å². The van der Waals surface area contributed by atoms with Crippen LogP contribution in [-0.4, -0.2) is 71.6 Å².